The van der Waals surface area contributed by atoms with E-state index in [-0.39, 0.29) is 5.91 Å². The van der Waals surface area contributed by atoms with Crippen molar-refractivity contribution in [3.05, 3.63) is 59.7 Å². The molecule has 3 aromatic rings. The van der Waals surface area contributed by atoms with Crippen LogP contribution in [0.1, 0.15) is 43.2 Å². The van der Waals surface area contributed by atoms with Crippen LogP contribution < -0.4 is 5.43 Å². The van der Waals surface area contributed by atoms with Gasteiger partial charge in [0.2, 0.25) is 5.91 Å². The number of furan rings is 1. The van der Waals surface area contributed by atoms with Crippen molar-refractivity contribution in [2.45, 2.75) is 45.6 Å². The Morgan fingerprint density at radius 3 is 2.88 bits per heavy atom. The number of nitrogens with one attached hydrogen (secondary N) is 1. The number of aromatic nitrogens is 1. The molecule has 0 saturated carbocycles. The monoisotopic (exact) mass is 349 g/mol. The molecule has 26 heavy (non-hydrogen) atoms. The zero-order valence-corrected chi connectivity index (χ0v) is 15.0. The molecular weight excluding hydrogens is 326 g/mol. The number of carbonyl (C=O) groups excluding carboxylic acids is 1. The van der Waals surface area contributed by atoms with Crippen molar-refractivity contribution in [3.63, 3.8) is 0 Å². The third-order valence-electron chi connectivity index (χ3n) is 5.07. The van der Waals surface area contributed by atoms with Crippen molar-refractivity contribution in [1.82, 2.24) is 9.99 Å². The summed E-state index contributed by atoms with van der Waals surface area (Å²) >= 11 is 0. The molecule has 1 aliphatic rings. The van der Waals surface area contributed by atoms with E-state index in [0.29, 0.717) is 24.4 Å². The van der Waals surface area contributed by atoms with Gasteiger partial charge < -0.3 is 8.98 Å². The van der Waals surface area contributed by atoms with Gasteiger partial charge in [-0.15, -0.1) is 0 Å². The molecule has 0 bridgehead atoms. The number of hydrogen-bond donors (Lipinski definition) is 1. The van der Waals surface area contributed by atoms with E-state index in [0.717, 1.165) is 12.8 Å². The molecule has 0 atom stereocenters. The maximum Gasteiger partial charge on any atom is 0.241 e. The number of para-hydroxylation sites is 1. The van der Waals surface area contributed by atoms with E-state index in [1.165, 1.54) is 35.0 Å². The number of rotatable bonds is 5. The summed E-state index contributed by atoms with van der Waals surface area (Å²) in [6, 6.07) is 12.2. The average Bonchev–Trinajstić information content (AvgIpc) is 3.31. The van der Waals surface area contributed by atoms with E-state index < -0.39 is 0 Å². The third kappa shape index (κ3) is 3.17. The highest BCUT2D eigenvalue weighted by Crippen LogP contribution is 2.32. The van der Waals surface area contributed by atoms with Crippen LogP contribution in [0.5, 0.6) is 0 Å². The van der Waals surface area contributed by atoms with Gasteiger partial charge in [0.1, 0.15) is 11.5 Å². The molecule has 1 aromatic carbocycles. The molecule has 4 rings (SSSR count). The first-order valence-corrected chi connectivity index (χ1v) is 9.20. The van der Waals surface area contributed by atoms with E-state index in [4.69, 9.17) is 4.42 Å². The van der Waals surface area contributed by atoms with Gasteiger partial charge in [-0.3, -0.25) is 4.79 Å². The van der Waals surface area contributed by atoms with Gasteiger partial charge in [-0.25, -0.2) is 5.43 Å². The number of benzene rings is 1. The Labute approximate surface area is 152 Å². The maximum atomic E-state index is 12.3. The standard InChI is InChI=1S/C21H23N3O2/c1-15(20-11-6-14-26-20)22-23-21(25)12-13-24-18-9-4-2-7-16(18)17-8-3-5-10-19(17)24/h2,4,6-7,9,11,14H,3,5,8,10,12-13H2,1H3,(H,23,25)/b22-15+. The molecule has 0 unspecified atom stereocenters. The number of hydrogen-bond acceptors (Lipinski definition) is 3. The minimum atomic E-state index is -0.0850. The van der Waals surface area contributed by atoms with Crippen LogP contribution in [-0.2, 0) is 24.2 Å². The molecular formula is C21H23N3O2. The van der Waals surface area contributed by atoms with Gasteiger partial charge in [-0.1, -0.05) is 18.2 Å². The summed E-state index contributed by atoms with van der Waals surface area (Å²) < 4.78 is 7.60. The van der Waals surface area contributed by atoms with Gasteiger partial charge in [0.15, 0.2) is 0 Å². The molecule has 134 valence electrons. The van der Waals surface area contributed by atoms with Crippen LogP contribution in [0.4, 0.5) is 0 Å². The Morgan fingerprint density at radius 2 is 2.04 bits per heavy atom. The van der Waals surface area contributed by atoms with Gasteiger partial charge in [-0.05, 0) is 56.4 Å². The van der Waals surface area contributed by atoms with E-state index in [2.05, 4.69) is 39.4 Å². The third-order valence-corrected chi connectivity index (χ3v) is 5.07. The molecule has 1 N–H and O–H groups in total. The highest BCUT2D eigenvalue weighted by atomic mass is 16.3. The largest absolute Gasteiger partial charge is 0.463 e. The summed E-state index contributed by atoms with van der Waals surface area (Å²) in [5, 5.41) is 5.47. The SMILES string of the molecule is C/C(=N\NC(=O)CCn1c2c(c3ccccc31)CCCC2)c1ccco1. The number of fused-ring (bicyclic) bond motifs is 3. The lowest BCUT2D eigenvalue weighted by molar-refractivity contribution is -0.121. The molecule has 0 saturated heterocycles. The molecule has 0 fully saturated rings. The van der Waals surface area contributed by atoms with Crippen molar-refractivity contribution < 1.29 is 9.21 Å². The van der Waals surface area contributed by atoms with Crippen molar-refractivity contribution in [2.75, 3.05) is 0 Å². The van der Waals surface area contributed by atoms with Crippen LogP contribution in [0.15, 0.2) is 52.2 Å². The molecule has 0 radical (unpaired) electrons. The van der Waals surface area contributed by atoms with Crippen molar-refractivity contribution in [3.8, 4) is 0 Å². The van der Waals surface area contributed by atoms with Gasteiger partial charge in [0.05, 0.1) is 6.26 Å². The Hall–Kier alpha value is -2.82. The van der Waals surface area contributed by atoms with Crippen LogP contribution in [0.3, 0.4) is 0 Å². The minimum absolute atomic E-state index is 0.0850. The fraction of sp³-hybridized carbons (Fsp3) is 0.333. The Morgan fingerprint density at radius 1 is 1.19 bits per heavy atom. The number of carbonyl (C=O) groups is 1. The predicted molar refractivity (Wildman–Crippen MR) is 102 cm³/mol. The van der Waals surface area contributed by atoms with E-state index in [1.807, 2.05) is 13.0 Å². The second kappa shape index (κ2) is 7.20. The Kier molecular flexibility index (Phi) is 4.61. The average molecular weight is 349 g/mol. The molecule has 5 nitrogen and oxygen atoms in total. The maximum absolute atomic E-state index is 12.3. The second-order valence-electron chi connectivity index (χ2n) is 6.76. The molecule has 2 heterocycles. The zero-order valence-electron chi connectivity index (χ0n) is 15.0. The van der Waals surface area contributed by atoms with Crippen LogP contribution >= 0.6 is 0 Å². The van der Waals surface area contributed by atoms with Crippen LogP contribution in [-0.4, -0.2) is 16.2 Å². The quantitative estimate of drug-likeness (QED) is 0.558. The summed E-state index contributed by atoms with van der Waals surface area (Å²) in [6.45, 7) is 2.49. The van der Waals surface area contributed by atoms with Crippen LogP contribution in [0.2, 0.25) is 0 Å². The summed E-state index contributed by atoms with van der Waals surface area (Å²) in [7, 11) is 0. The second-order valence-corrected chi connectivity index (χ2v) is 6.76. The van der Waals surface area contributed by atoms with Gasteiger partial charge in [0.25, 0.3) is 0 Å². The van der Waals surface area contributed by atoms with Crippen LogP contribution in [0.25, 0.3) is 10.9 Å². The number of amides is 1. The number of aryl methyl sites for hydroxylation is 2. The predicted octanol–water partition coefficient (Wildman–Crippen LogP) is 4.04. The van der Waals surface area contributed by atoms with E-state index in [1.54, 1.807) is 12.3 Å². The van der Waals surface area contributed by atoms with Crippen molar-refractivity contribution >= 4 is 22.5 Å². The first kappa shape index (κ1) is 16.6. The summed E-state index contributed by atoms with van der Waals surface area (Å²) in [5.74, 6) is 0.578. The fourth-order valence-corrected chi connectivity index (χ4v) is 3.80. The molecule has 5 heteroatoms. The smallest absolute Gasteiger partial charge is 0.241 e. The summed E-state index contributed by atoms with van der Waals surface area (Å²) in [5.41, 5.74) is 7.41. The van der Waals surface area contributed by atoms with Crippen LogP contribution in [0, 0.1) is 0 Å². The molecule has 0 aliphatic heterocycles. The van der Waals surface area contributed by atoms with Gasteiger partial charge in [0, 0.05) is 29.6 Å². The lowest BCUT2D eigenvalue weighted by atomic mass is 9.95. The van der Waals surface area contributed by atoms with Gasteiger partial charge >= 0.3 is 0 Å². The molecule has 2 aromatic heterocycles. The van der Waals surface area contributed by atoms with E-state index in [9.17, 15) is 4.79 Å². The fourth-order valence-electron chi connectivity index (χ4n) is 3.80. The molecule has 1 aliphatic carbocycles. The molecule has 0 spiro atoms. The first-order chi connectivity index (χ1) is 12.7. The Bertz CT molecular complexity index is 951. The summed E-state index contributed by atoms with van der Waals surface area (Å²) in [6.07, 6.45) is 6.71. The molecule has 1 amide bonds. The number of hydrazone groups is 1. The highest BCUT2D eigenvalue weighted by Gasteiger charge is 2.19. The topological polar surface area (TPSA) is 59.5 Å². The Balaban J connectivity index is 1.48. The summed E-state index contributed by atoms with van der Waals surface area (Å²) in [4.78, 5) is 12.3. The lowest BCUT2D eigenvalue weighted by Gasteiger charge is -2.15. The highest BCUT2D eigenvalue weighted by molar-refractivity contribution is 5.96. The minimum Gasteiger partial charge on any atom is -0.463 e. The van der Waals surface area contributed by atoms with Crippen molar-refractivity contribution in [2.24, 2.45) is 5.10 Å². The van der Waals surface area contributed by atoms with E-state index >= 15 is 0 Å². The lowest BCUT2D eigenvalue weighted by Crippen LogP contribution is -2.21. The number of nitrogens with zero attached hydrogens (tertiary/aromatic N) is 2. The normalized spacial score (nSPS) is 14.4. The van der Waals surface area contributed by atoms with Crippen molar-refractivity contribution in [1.29, 1.82) is 0 Å². The van der Waals surface area contributed by atoms with Gasteiger partial charge in [-0.2, -0.15) is 5.10 Å². The first-order valence-electron chi connectivity index (χ1n) is 9.20. The zero-order chi connectivity index (χ0) is 17.9.